The van der Waals surface area contributed by atoms with Crippen molar-refractivity contribution in [2.45, 2.75) is 19.3 Å². The summed E-state index contributed by atoms with van der Waals surface area (Å²) in [6.45, 7) is 2.36. The third kappa shape index (κ3) is 3.62. The van der Waals surface area contributed by atoms with Gasteiger partial charge in [0, 0.05) is 18.0 Å². The van der Waals surface area contributed by atoms with Crippen LogP contribution in [0.1, 0.15) is 24.8 Å². The summed E-state index contributed by atoms with van der Waals surface area (Å²) in [6.07, 6.45) is 8.02. The summed E-state index contributed by atoms with van der Waals surface area (Å²) in [7, 11) is 0. The molecule has 0 unspecified atom stereocenters. The van der Waals surface area contributed by atoms with Crippen LogP contribution in [0.4, 0.5) is 5.82 Å². The van der Waals surface area contributed by atoms with Crippen LogP contribution >= 0.6 is 0 Å². The molecule has 1 aliphatic rings. The number of hydrogen-bond acceptors (Lipinski definition) is 5. The van der Waals surface area contributed by atoms with Crippen LogP contribution in [0.3, 0.4) is 0 Å². The zero-order valence-corrected chi connectivity index (χ0v) is 12.9. The smallest absolute Gasteiger partial charge is 0.239 e. The van der Waals surface area contributed by atoms with Gasteiger partial charge in [-0.15, -0.1) is 0 Å². The Balaban J connectivity index is 1.69. The molecule has 0 aromatic carbocycles. The summed E-state index contributed by atoms with van der Waals surface area (Å²) < 4.78 is 1.75. The monoisotopic (exact) mass is 312 g/mol. The number of pyridine rings is 1. The van der Waals surface area contributed by atoms with Gasteiger partial charge in [-0.1, -0.05) is 6.42 Å². The van der Waals surface area contributed by atoms with E-state index in [-0.39, 0.29) is 11.6 Å². The molecule has 0 saturated carbocycles. The SMILES string of the molecule is N=CC(=N)c1ccc2nc(NC(=O)CN3CCCCC3)cn2c1. The number of imidazole rings is 1. The minimum Gasteiger partial charge on any atom is -0.308 e. The Bertz CT molecular complexity index is 744. The second-order valence-electron chi connectivity index (χ2n) is 5.75. The van der Waals surface area contributed by atoms with Crippen molar-refractivity contribution in [3.8, 4) is 0 Å². The second-order valence-corrected chi connectivity index (χ2v) is 5.75. The van der Waals surface area contributed by atoms with Gasteiger partial charge in [-0.25, -0.2) is 4.98 Å². The number of rotatable bonds is 5. The average molecular weight is 312 g/mol. The van der Waals surface area contributed by atoms with Crippen LogP contribution in [0.25, 0.3) is 5.65 Å². The van der Waals surface area contributed by atoms with Crippen LogP contribution in [0.5, 0.6) is 0 Å². The Morgan fingerprint density at radius 2 is 2.04 bits per heavy atom. The maximum Gasteiger partial charge on any atom is 0.239 e. The molecule has 3 N–H and O–H groups in total. The zero-order valence-electron chi connectivity index (χ0n) is 12.9. The fourth-order valence-corrected chi connectivity index (χ4v) is 2.80. The van der Waals surface area contributed by atoms with Crippen LogP contribution < -0.4 is 5.32 Å². The Labute approximate surface area is 134 Å². The van der Waals surface area contributed by atoms with E-state index in [0.29, 0.717) is 23.6 Å². The molecular formula is C16H20N6O. The number of anilines is 1. The number of piperidine rings is 1. The number of amides is 1. The number of nitrogens with zero attached hydrogens (tertiary/aromatic N) is 3. The lowest BCUT2D eigenvalue weighted by Gasteiger charge is -2.25. The van der Waals surface area contributed by atoms with Gasteiger partial charge in [0.2, 0.25) is 5.91 Å². The third-order valence-electron chi connectivity index (χ3n) is 3.99. The van der Waals surface area contributed by atoms with Gasteiger partial charge in [0.1, 0.15) is 5.65 Å². The molecule has 1 saturated heterocycles. The van der Waals surface area contributed by atoms with Gasteiger partial charge in [0.15, 0.2) is 5.82 Å². The van der Waals surface area contributed by atoms with Gasteiger partial charge in [-0.3, -0.25) is 15.1 Å². The first-order valence-electron chi connectivity index (χ1n) is 7.76. The van der Waals surface area contributed by atoms with Crippen molar-refractivity contribution < 1.29 is 4.79 Å². The van der Waals surface area contributed by atoms with Gasteiger partial charge in [-0.2, -0.15) is 0 Å². The zero-order chi connectivity index (χ0) is 16.2. The topological polar surface area (TPSA) is 97.3 Å². The molecule has 2 aromatic rings. The van der Waals surface area contributed by atoms with E-state index in [0.717, 1.165) is 32.1 Å². The van der Waals surface area contributed by atoms with Gasteiger partial charge in [0.05, 0.1) is 18.5 Å². The van der Waals surface area contributed by atoms with Crippen LogP contribution in [-0.2, 0) is 4.79 Å². The van der Waals surface area contributed by atoms with Crippen molar-refractivity contribution in [1.82, 2.24) is 14.3 Å². The molecule has 23 heavy (non-hydrogen) atoms. The molecule has 3 rings (SSSR count). The lowest BCUT2D eigenvalue weighted by atomic mass is 10.1. The minimum absolute atomic E-state index is 0.0530. The Morgan fingerprint density at radius 3 is 2.78 bits per heavy atom. The number of hydrogen-bond donors (Lipinski definition) is 3. The number of carbonyl (C=O) groups is 1. The summed E-state index contributed by atoms with van der Waals surface area (Å²) in [5.41, 5.74) is 1.46. The number of aromatic nitrogens is 2. The molecule has 0 spiro atoms. The van der Waals surface area contributed by atoms with E-state index in [4.69, 9.17) is 10.8 Å². The summed E-state index contributed by atoms with van der Waals surface area (Å²) in [5, 5.41) is 17.6. The first kappa shape index (κ1) is 15.4. The highest BCUT2D eigenvalue weighted by atomic mass is 16.2. The van der Waals surface area contributed by atoms with Crippen LogP contribution in [0.15, 0.2) is 24.5 Å². The summed E-state index contributed by atoms with van der Waals surface area (Å²) >= 11 is 0. The number of likely N-dealkylation sites (tertiary alicyclic amines) is 1. The van der Waals surface area contributed by atoms with Crippen molar-refractivity contribution in [3.05, 3.63) is 30.1 Å². The van der Waals surface area contributed by atoms with Crippen molar-refractivity contribution in [2.24, 2.45) is 0 Å². The predicted octanol–water partition coefficient (Wildman–Crippen LogP) is 1.78. The summed E-state index contributed by atoms with van der Waals surface area (Å²) in [4.78, 5) is 18.6. The molecule has 7 nitrogen and oxygen atoms in total. The van der Waals surface area contributed by atoms with E-state index in [2.05, 4.69) is 15.2 Å². The van der Waals surface area contributed by atoms with E-state index in [9.17, 15) is 4.79 Å². The van der Waals surface area contributed by atoms with E-state index in [1.165, 1.54) is 6.42 Å². The quantitative estimate of drug-likeness (QED) is 0.734. The van der Waals surface area contributed by atoms with Gasteiger partial charge in [-0.05, 0) is 38.1 Å². The molecule has 7 heteroatoms. The van der Waals surface area contributed by atoms with Crippen molar-refractivity contribution in [1.29, 1.82) is 10.8 Å². The molecule has 0 atom stereocenters. The minimum atomic E-state index is -0.0530. The largest absolute Gasteiger partial charge is 0.308 e. The van der Waals surface area contributed by atoms with Crippen LogP contribution in [0, 0.1) is 10.8 Å². The Morgan fingerprint density at radius 1 is 1.26 bits per heavy atom. The molecule has 1 aliphatic heterocycles. The summed E-state index contributed by atoms with van der Waals surface area (Å²) in [6, 6.07) is 3.52. The molecule has 120 valence electrons. The van der Waals surface area contributed by atoms with Crippen molar-refractivity contribution in [2.75, 3.05) is 25.0 Å². The van der Waals surface area contributed by atoms with E-state index >= 15 is 0 Å². The Kier molecular flexibility index (Phi) is 4.47. The number of nitrogens with one attached hydrogen (secondary N) is 3. The average Bonchev–Trinajstić information content (AvgIpc) is 2.95. The molecule has 1 fully saturated rings. The van der Waals surface area contributed by atoms with Crippen molar-refractivity contribution in [3.63, 3.8) is 0 Å². The van der Waals surface area contributed by atoms with Gasteiger partial charge in [0.25, 0.3) is 0 Å². The van der Waals surface area contributed by atoms with E-state index in [1.807, 2.05) is 0 Å². The first-order valence-corrected chi connectivity index (χ1v) is 7.76. The molecule has 0 aliphatic carbocycles. The molecule has 1 amide bonds. The molecular weight excluding hydrogens is 292 g/mol. The van der Waals surface area contributed by atoms with Crippen LogP contribution in [0.2, 0.25) is 0 Å². The van der Waals surface area contributed by atoms with Crippen molar-refractivity contribution >= 4 is 29.3 Å². The highest BCUT2D eigenvalue weighted by Gasteiger charge is 2.14. The fraction of sp³-hybridized carbons (Fsp3) is 0.375. The highest BCUT2D eigenvalue weighted by molar-refractivity contribution is 6.35. The number of carbonyl (C=O) groups excluding carboxylic acids is 1. The maximum atomic E-state index is 12.1. The number of fused-ring (bicyclic) bond motifs is 1. The molecule has 3 heterocycles. The third-order valence-corrected chi connectivity index (χ3v) is 3.99. The van der Waals surface area contributed by atoms with Gasteiger partial charge < -0.3 is 15.1 Å². The standard InChI is InChI=1S/C16H20N6O/c17-8-13(18)12-4-5-15-19-14(10-22(15)9-12)20-16(23)11-21-6-2-1-3-7-21/h4-5,8-10,17-18H,1-3,6-7,11H2,(H,20,23). The lowest BCUT2D eigenvalue weighted by molar-refractivity contribution is -0.117. The lowest BCUT2D eigenvalue weighted by Crippen LogP contribution is -2.36. The fourth-order valence-electron chi connectivity index (χ4n) is 2.80. The van der Waals surface area contributed by atoms with E-state index in [1.54, 1.807) is 28.9 Å². The second kappa shape index (κ2) is 6.70. The molecule has 2 aromatic heterocycles. The molecule has 0 bridgehead atoms. The normalized spacial score (nSPS) is 15.5. The van der Waals surface area contributed by atoms with E-state index < -0.39 is 0 Å². The highest BCUT2D eigenvalue weighted by Crippen LogP contribution is 2.12. The van der Waals surface area contributed by atoms with Crippen LogP contribution in [-0.4, -0.2) is 51.8 Å². The van der Waals surface area contributed by atoms with Gasteiger partial charge >= 0.3 is 0 Å². The predicted molar refractivity (Wildman–Crippen MR) is 89.7 cm³/mol. The maximum absolute atomic E-state index is 12.1. The molecule has 0 radical (unpaired) electrons. The Hall–Kier alpha value is -2.54. The summed E-state index contributed by atoms with van der Waals surface area (Å²) in [5.74, 6) is 0.452. The first-order chi connectivity index (χ1) is 11.2.